The van der Waals surface area contributed by atoms with Crippen molar-refractivity contribution in [3.8, 4) is 11.5 Å². The maximum Gasteiger partial charge on any atom is 0.126 e. The molecule has 2 rings (SSSR count). The second kappa shape index (κ2) is 26.3. The van der Waals surface area contributed by atoms with E-state index >= 15 is 0 Å². The molecular formula is C59H90O2P2. The number of hydrogen-bond donors (Lipinski definition) is 2. The highest BCUT2D eigenvalue weighted by Gasteiger charge is 2.22. The standard InChI is InChI=1S/2C28H41OP.C3H8/c1-11-20(19(4)14-23(13-3)27(5,6)7)15-21(12-2)25-17-24(28(8,9)10)16-22(18-30)26(25)29;1-11-20(15-23(13-3)27(5,6)7)19(4)14-21(12-2)25-17-24(28(8,9)10)16-22(18-30)26(25)29;1-3-2/h12-17,29H,3-4,11,18,30H2,1-2,5-10H3;12-17,29H,2,4,11,18,30H2,1,3,5-10H3;3H2,1-2H3/b20-15+,21-12+,23-14+;20-15+,21-14+,23-13+;. The summed E-state index contributed by atoms with van der Waals surface area (Å²) in [7, 11) is 5.44. The van der Waals surface area contributed by atoms with Gasteiger partial charge in [0.15, 0.2) is 0 Å². The van der Waals surface area contributed by atoms with Crippen LogP contribution in [0, 0.1) is 10.8 Å². The van der Waals surface area contributed by atoms with Crippen LogP contribution in [0.25, 0.3) is 11.1 Å². The highest BCUT2D eigenvalue weighted by Crippen LogP contribution is 2.40. The fourth-order valence-corrected chi connectivity index (χ4v) is 7.29. The van der Waals surface area contributed by atoms with Crippen molar-refractivity contribution in [2.75, 3.05) is 0 Å². The summed E-state index contributed by atoms with van der Waals surface area (Å²) in [4.78, 5) is 0. The lowest BCUT2D eigenvalue weighted by Crippen LogP contribution is -2.12. The molecule has 0 bridgehead atoms. The van der Waals surface area contributed by atoms with Gasteiger partial charge in [0.25, 0.3) is 0 Å². The van der Waals surface area contributed by atoms with E-state index in [2.05, 4.69) is 217 Å². The van der Waals surface area contributed by atoms with E-state index in [1.165, 1.54) is 28.7 Å². The maximum atomic E-state index is 11.0. The van der Waals surface area contributed by atoms with Gasteiger partial charge in [-0.3, -0.25) is 0 Å². The van der Waals surface area contributed by atoms with Gasteiger partial charge < -0.3 is 10.2 Å². The highest BCUT2D eigenvalue weighted by atomic mass is 31.0. The van der Waals surface area contributed by atoms with Gasteiger partial charge >= 0.3 is 0 Å². The molecule has 0 fully saturated rings. The highest BCUT2D eigenvalue weighted by molar-refractivity contribution is 7.15. The fraction of sp³-hybridized carbons (Fsp3) is 0.458. The molecule has 4 heteroatoms. The van der Waals surface area contributed by atoms with E-state index in [4.69, 9.17) is 0 Å². The smallest absolute Gasteiger partial charge is 0.126 e. The fourth-order valence-electron chi connectivity index (χ4n) is 6.66. The normalized spacial score (nSPS) is 13.7. The number of hydrogen-bond acceptors (Lipinski definition) is 2. The summed E-state index contributed by atoms with van der Waals surface area (Å²) in [5, 5.41) is 21.9. The molecule has 348 valence electrons. The van der Waals surface area contributed by atoms with Crippen molar-refractivity contribution in [3.05, 3.63) is 166 Å². The Bertz CT molecular complexity index is 2080. The SMILES string of the molecule is C=C/C(=C\C(=C)/C(=C/C(=C\C)C(C)(C)C)CC)c1cc(C(C)(C)C)cc(CP)c1O.C=C/C(=C\C(=C)/C(=C/C(=C\C)c1cc(C(C)(C)C)cc(CP)c1O)CC)C(C)(C)C.CCC. The molecule has 0 heterocycles. The van der Waals surface area contributed by atoms with Gasteiger partial charge in [-0.2, -0.15) is 0 Å². The van der Waals surface area contributed by atoms with Gasteiger partial charge in [0.2, 0.25) is 0 Å². The molecule has 2 atom stereocenters. The van der Waals surface area contributed by atoms with Crippen LogP contribution in [0.1, 0.15) is 177 Å². The Hall–Kier alpha value is -3.70. The Morgan fingerprint density at radius 1 is 0.540 bits per heavy atom. The van der Waals surface area contributed by atoms with Gasteiger partial charge in [-0.25, -0.2) is 0 Å². The quantitative estimate of drug-likeness (QED) is 0.147. The summed E-state index contributed by atoms with van der Waals surface area (Å²) < 4.78 is 0. The summed E-state index contributed by atoms with van der Waals surface area (Å²) in [5.74, 6) is 0.684. The van der Waals surface area contributed by atoms with Crippen LogP contribution >= 0.6 is 18.5 Å². The number of allylic oxidation sites excluding steroid dienone is 16. The van der Waals surface area contributed by atoms with Gasteiger partial charge in [-0.15, -0.1) is 18.5 Å². The van der Waals surface area contributed by atoms with Crippen molar-refractivity contribution < 1.29 is 10.2 Å². The third-order valence-corrected chi connectivity index (χ3v) is 11.8. The van der Waals surface area contributed by atoms with E-state index in [9.17, 15) is 10.2 Å². The largest absolute Gasteiger partial charge is 0.507 e. The minimum atomic E-state index is -0.0116. The first-order valence-corrected chi connectivity index (χ1v) is 24.6. The molecule has 0 aliphatic rings. The van der Waals surface area contributed by atoms with Crippen LogP contribution in [0.15, 0.2) is 133 Å². The molecule has 0 spiro atoms. The maximum absolute atomic E-state index is 11.0. The lowest BCUT2D eigenvalue weighted by atomic mass is 9.83. The van der Waals surface area contributed by atoms with E-state index in [1.807, 2.05) is 25.2 Å². The topological polar surface area (TPSA) is 40.5 Å². The van der Waals surface area contributed by atoms with Crippen molar-refractivity contribution in [2.24, 2.45) is 10.8 Å². The zero-order valence-corrected chi connectivity index (χ0v) is 45.7. The molecule has 0 aliphatic heterocycles. The zero-order chi connectivity index (χ0) is 49.3. The van der Waals surface area contributed by atoms with E-state index < -0.39 is 0 Å². The number of aromatic hydroxyl groups is 2. The Labute approximate surface area is 393 Å². The van der Waals surface area contributed by atoms with E-state index in [0.29, 0.717) is 23.8 Å². The summed E-state index contributed by atoms with van der Waals surface area (Å²) in [6.45, 7) is 55.7. The van der Waals surface area contributed by atoms with Crippen molar-refractivity contribution in [3.63, 3.8) is 0 Å². The minimum Gasteiger partial charge on any atom is -0.507 e. The van der Waals surface area contributed by atoms with Crippen LogP contribution in [0.5, 0.6) is 11.5 Å². The Kier molecular flexibility index (Phi) is 24.8. The first-order valence-electron chi connectivity index (χ1n) is 23.0. The molecule has 2 aromatic carbocycles. The predicted molar refractivity (Wildman–Crippen MR) is 294 cm³/mol. The van der Waals surface area contributed by atoms with Gasteiger partial charge in [0, 0.05) is 11.1 Å². The van der Waals surface area contributed by atoms with Crippen LogP contribution in [0.3, 0.4) is 0 Å². The molecular weight excluding hydrogens is 803 g/mol. The molecule has 2 nitrogen and oxygen atoms in total. The van der Waals surface area contributed by atoms with Gasteiger partial charge in [0.1, 0.15) is 11.5 Å². The van der Waals surface area contributed by atoms with Crippen LogP contribution in [-0.4, -0.2) is 10.2 Å². The Morgan fingerprint density at radius 2 is 0.921 bits per heavy atom. The first-order chi connectivity index (χ1) is 29.0. The first kappa shape index (κ1) is 59.3. The number of phenols is 2. The minimum absolute atomic E-state index is 0.00505. The second-order valence-electron chi connectivity index (χ2n) is 20.4. The molecule has 0 amide bonds. The van der Waals surface area contributed by atoms with Crippen LogP contribution in [-0.2, 0) is 23.2 Å². The zero-order valence-electron chi connectivity index (χ0n) is 43.3. The second-order valence-corrected chi connectivity index (χ2v) is 21.2. The van der Waals surface area contributed by atoms with Crippen LogP contribution in [0.2, 0.25) is 0 Å². The molecule has 2 aromatic rings. The Balaban J connectivity index is 0.00000115. The van der Waals surface area contributed by atoms with Crippen LogP contribution < -0.4 is 0 Å². The lowest BCUT2D eigenvalue weighted by Gasteiger charge is -2.23. The van der Waals surface area contributed by atoms with Crippen LogP contribution in [0.4, 0.5) is 0 Å². The van der Waals surface area contributed by atoms with E-state index in [1.54, 1.807) is 0 Å². The van der Waals surface area contributed by atoms with Gasteiger partial charge in [-0.05, 0) is 146 Å². The number of phenolic OH excluding ortho intramolecular Hbond substituents is 2. The summed E-state index contributed by atoms with van der Waals surface area (Å²) in [6, 6.07) is 8.42. The van der Waals surface area contributed by atoms with Gasteiger partial charge in [0.05, 0.1) is 0 Å². The summed E-state index contributed by atoms with van der Waals surface area (Å²) in [6.07, 6.45) is 21.0. The molecule has 0 aromatic heterocycles. The number of rotatable bonds is 14. The molecule has 2 N–H and O–H groups in total. The molecule has 0 saturated heterocycles. The molecule has 0 aliphatic carbocycles. The predicted octanol–water partition coefficient (Wildman–Crippen LogP) is 18.5. The average Bonchev–Trinajstić information content (AvgIpc) is 3.18. The molecule has 63 heavy (non-hydrogen) atoms. The Morgan fingerprint density at radius 3 is 1.22 bits per heavy atom. The summed E-state index contributed by atoms with van der Waals surface area (Å²) >= 11 is 0. The third-order valence-electron chi connectivity index (χ3n) is 10.9. The molecule has 0 saturated carbocycles. The van der Waals surface area contributed by atoms with Crippen molar-refractivity contribution in [1.82, 2.24) is 0 Å². The monoisotopic (exact) mass is 893 g/mol. The van der Waals surface area contributed by atoms with Crippen molar-refractivity contribution in [1.29, 1.82) is 0 Å². The van der Waals surface area contributed by atoms with E-state index in [-0.39, 0.29) is 21.7 Å². The third kappa shape index (κ3) is 18.4. The average molecular weight is 893 g/mol. The molecule has 2 unspecified atom stereocenters. The molecule has 0 radical (unpaired) electrons. The van der Waals surface area contributed by atoms with Crippen molar-refractivity contribution in [2.45, 2.75) is 167 Å². The number of benzene rings is 2. The van der Waals surface area contributed by atoms with Gasteiger partial charge in [-0.1, -0.05) is 198 Å². The summed E-state index contributed by atoms with van der Waals surface area (Å²) in [5.41, 5.74) is 14.7. The van der Waals surface area contributed by atoms with Crippen molar-refractivity contribution >= 4 is 29.6 Å². The van der Waals surface area contributed by atoms with E-state index in [0.717, 1.165) is 68.5 Å². The lowest BCUT2D eigenvalue weighted by molar-refractivity contribution is 0.467.